The van der Waals surface area contributed by atoms with Gasteiger partial charge in [0.25, 0.3) is 25.3 Å². The Morgan fingerprint density at radius 1 is 0.292 bits per heavy atom. The number of hydrogen-bond donors (Lipinski definition) is 0. The Morgan fingerprint density at radius 2 is 0.556 bits per heavy atom. The third-order valence-corrected chi connectivity index (χ3v) is 18.4. The molecule has 1 heterocycles. The minimum atomic E-state index is -4.63. The van der Waals surface area contributed by atoms with Gasteiger partial charge in [-0.1, -0.05) is 9.21 Å². The molecule has 1 rings (SSSR count). The maximum atomic E-state index is 7.01. The monoisotopic (exact) mass is 1130 g/mol. The van der Waals surface area contributed by atoms with E-state index in [1.165, 1.54) is 70.7 Å². The lowest BCUT2D eigenvalue weighted by Crippen LogP contribution is -2.41. The van der Waals surface area contributed by atoms with Crippen molar-refractivity contribution in [3.8, 4) is 0 Å². The molecule has 0 saturated carbocycles. The van der Waals surface area contributed by atoms with E-state index in [2.05, 4.69) is 0 Å². The molecule has 0 aromatic carbocycles. The molecule has 72 heavy (non-hydrogen) atoms. The van der Waals surface area contributed by atoms with Gasteiger partial charge in [-0.05, 0) is 115 Å². The Morgan fingerprint density at radius 3 is 0.889 bits per heavy atom. The predicted octanol–water partition coefficient (Wildman–Crippen LogP) is 9.25. The normalized spacial score (nSPS) is 26.6. The smallest absolute Gasteiger partial charge is 0.332 e. The molecule has 0 aliphatic carbocycles. The van der Waals surface area contributed by atoms with E-state index >= 15 is 0 Å². The van der Waals surface area contributed by atoms with Gasteiger partial charge in [-0.2, -0.15) is 4.52 Å². The Hall–Kier alpha value is 0.440. The van der Waals surface area contributed by atoms with E-state index in [1.54, 1.807) is 111 Å². The van der Waals surface area contributed by atoms with Crippen molar-refractivity contribution in [1.82, 2.24) is 13.8 Å². The van der Waals surface area contributed by atoms with Gasteiger partial charge in [0.2, 0.25) is 0 Å². The van der Waals surface area contributed by atoms with Crippen molar-refractivity contribution in [1.29, 1.82) is 0 Å². The lowest BCUT2D eigenvalue weighted by atomic mass is 10.7. The molecule has 432 valence electrons. The highest BCUT2D eigenvalue weighted by atomic mass is 31.3. The van der Waals surface area contributed by atoms with Crippen molar-refractivity contribution >= 4 is 33.0 Å². The quantitative estimate of drug-likeness (QED) is 0.0410. The first kappa shape index (κ1) is 70.5. The molecule has 1 aliphatic rings. The summed E-state index contributed by atoms with van der Waals surface area (Å²) in [5.74, 6) is 0. The molecule has 0 radical (unpaired) electrons. The van der Waals surface area contributed by atoms with E-state index in [0.29, 0.717) is 0 Å². The SMILES string of the molecule is COC(C)OC(C)ON1P(OC(C)OC(C)OC)N=P(OC(C)OC(C)OC)(OC(C)OC(C)OC)N(OC(C)OC(C)OC)P(OC(C)OC(C)OC)N(OC(C)OC(C)OC)P1OC(C)OC(C)OC. The lowest BCUT2D eigenvalue weighted by Gasteiger charge is -2.49. The maximum absolute atomic E-state index is 7.01. The van der Waals surface area contributed by atoms with Crippen LogP contribution >= 0.6 is 33.0 Å². The van der Waals surface area contributed by atoms with Crippen molar-refractivity contribution < 1.29 is 113 Å². The van der Waals surface area contributed by atoms with E-state index < -0.39 is 134 Å². The molecule has 28 nitrogen and oxygen atoms in total. The number of rotatable bonds is 40. The summed E-state index contributed by atoms with van der Waals surface area (Å²) >= 11 is 0. The highest BCUT2D eigenvalue weighted by molar-refractivity contribution is 7.78. The average Bonchev–Trinajstić information content (AvgIpc) is 3.31. The molecule has 0 aromatic heterocycles. The van der Waals surface area contributed by atoms with Crippen LogP contribution in [0.15, 0.2) is 4.52 Å². The van der Waals surface area contributed by atoms with Crippen molar-refractivity contribution in [3.63, 3.8) is 0 Å². The van der Waals surface area contributed by atoms with E-state index in [-0.39, 0.29) is 0 Å². The molecule has 19 atom stereocenters. The van der Waals surface area contributed by atoms with E-state index in [1.807, 2.05) is 0 Å². The van der Waals surface area contributed by atoms with Gasteiger partial charge < -0.3 is 75.8 Å². The lowest BCUT2D eigenvalue weighted by molar-refractivity contribution is -0.291. The molecule has 0 aromatic rings. The van der Waals surface area contributed by atoms with Crippen molar-refractivity contribution in [2.75, 3.05) is 56.9 Å². The zero-order valence-electron chi connectivity index (χ0n) is 46.6. The minimum Gasteiger partial charge on any atom is -0.356 e. The Labute approximate surface area is 431 Å². The standard InChI is InChI=1S/C40H88N4O24P4/c1-25(45-17)53-33(9)61-42-69(64-36(12)56-28(4)48-20)41-72(67-39(15)59-31(7)51-23,68-40(16)60-32(8)52-24)44(63-35(11)55-27(3)47-19)71(66-38(14)58-30(6)50-22)43(62-34(10)54-26(2)46-18)70(42)65-37(13)57-29(5)49-21/h25-40H,1-24H3. The van der Waals surface area contributed by atoms with E-state index in [4.69, 9.17) is 117 Å². The van der Waals surface area contributed by atoms with Crippen LogP contribution in [-0.4, -0.2) is 171 Å². The van der Waals surface area contributed by atoms with Gasteiger partial charge in [-0.25, -0.2) is 0 Å². The molecule has 19 unspecified atom stereocenters. The predicted molar refractivity (Wildman–Crippen MR) is 260 cm³/mol. The second-order valence-electron chi connectivity index (χ2n) is 15.0. The summed E-state index contributed by atoms with van der Waals surface area (Å²) < 4.78 is 137. The highest BCUT2D eigenvalue weighted by Crippen LogP contribution is 2.81. The summed E-state index contributed by atoms with van der Waals surface area (Å²) in [6.45, 7) is 26.2. The molecule has 0 N–H and O–H groups in total. The summed E-state index contributed by atoms with van der Waals surface area (Å²) in [6.07, 6.45) is -16.0. The molecule has 0 fully saturated rings. The van der Waals surface area contributed by atoms with Gasteiger partial charge in [0.15, 0.2) is 101 Å². The number of hydrogen-bond acceptors (Lipinski definition) is 28. The highest BCUT2D eigenvalue weighted by Gasteiger charge is 2.57. The fourth-order valence-electron chi connectivity index (χ4n) is 5.14. The number of nitrogens with zero attached hydrogens (tertiary/aromatic N) is 4. The Kier molecular flexibility index (Phi) is 36.5. The second-order valence-corrected chi connectivity index (χ2v) is 22.4. The van der Waals surface area contributed by atoms with Gasteiger partial charge in [-0.15, -0.1) is 0 Å². The minimum absolute atomic E-state index is 0.788. The second kappa shape index (κ2) is 37.3. The van der Waals surface area contributed by atoms with Crippen LogP contribution in [0, 0.1) is 0 Å². The van der Waals surface area contributed by atoms with Gasteiger partial charge >= 0.3 is 7.66 Å². The van der Waals surface area contributed by atoms with Crippen LogP contribution < -0.4 is 0 Å². The van der Waals surface area contributed by atoms with E-state index in [9.17, 15) is 0 Å². The molecule has 0 bridgehead atoms. The molecule has 1 aliphatic heterocycles. The number of methoxy groups -OCH3 is 8. The first-order chi connectivity index (χ1) is 33.8. The first-order valence-corrected chi connectivity index (χ1v) is 28.1. The number of ether oxygens (including phenoxy) is 16. The molecule has 0 saturated heterocycles. The van der Waals surface area contributed by atoms with Crippen LogP contribution in [0.25, 0.3) is 0 Å². The van der Waals surface area contributed by atoms with Crippen LogP contribution in [0.1, 0.15) is 111 Å². The van der Waals surface area contributed by atoms with Gasteiger partial charge in [0.05, 0.1) is 0 Å². The Bertz CT molecular complexity index is 1430. The summed E-state index contributed by atoms with van der Waals surface area (Å²) in [6, 6.07) is 0. The fourth-order valence-corrected chi connectivity index (χ4v) is 15.6. The zero-order chi connectivity index (χ0) is 54.9. The van der Waals surface area contributed by atoms with Crippen LogP contribution in [0.2, 0.25) is 0 Å². The van der Waals surface area contributed by atoms with Crippen LogP contribution in [0.4, 0.5) is 0 Å². The van der Waals surface area contributed by atoms with Gasteiger partial charge in [-0.3, -0.25) is 37.1 Å². The molecule has 32 heteroatoms. The molecule has 0 amide bonds. The summed E-state index contributed by atoms with van der Waals surface area (Å²) in [5.41, 5.74) is 0. The fraction of sp³-hybridized carbons (Fsp3) is 1.00. The van der Waals surface area contributed by atoms with Gasteiger partial charge in [0.1, 0.15) is 0 Å². The van der Waals surface area contributed by atoms with Crippen molar-refractivity contribution in [2.45, 2.75) is 211 Å². The zero-order valence-corrected chi connectivity index (χ0v) is 50.2. The van der Waals surface area contributed by atoms with Crippen molar-refractivity contribution in [2.24, 2.45) is 4.52 Å². The largest absolute Gasteiger partial charge is 0.356 e. The van der Waals surface area contributed by atoms with Crippen LogP contribution in [0.5, 0.6) is 0 Å². The van der Waals surface area contributed by atoms with Crippen molar-refractivity contribution in [3.05, 3.63) is 0 Å². The molecular formula is C40H88N4O24P4. The Balaban J connectivity index is 5.12. The van der Waals surface area contributed by atoms with Gasteiger partial charge in [0, 0.05) is 56.9 Å². The van der Waals surface area contributed by atoms with Crippen LogP contribution in [-0.2, 0) is 113 Å². The van der Waals surface area contributed by atoms with E-state index in [0.717, 1.165) is 0 Å². The van der Waals surface area contributed by atoms with Crippen LogP contribution in [0.3, 0.4) is 0 Å². The average molecular weight is 1130 g/mol. The summed E-state index contributed by atoms with van der Waals surface area (Å²) in [4.78, 5) is 20.5. The topological polar surface area (TPSA) is 244 Å². The summed E-state index contributed by atoms with van der Waals surface area (Å²) in [7, 11) is -1.34. The molecule has 0 spiro atoms. The first-order valence-electron chi connectivity index (χ1n) is 23.1. The molecular weight excluding hydrogens is 1040 g/mol. The third kappa shape index (κ3) is 26.4. The maximum Gasteiger partial charge on any atom is 0.332 e. The summed E-state index contributed by atoms with van der Waals surface area (Å²) in [5, 5.41) is 0. The third-order valence-electron chi connectivity index (χ3n) is 8.89.